The highest BCUT2D eigenvalue weighted by Crippen LogP contribution is 2.65. The summed E-state index contributed by atoms with van der Waals surface area (Å²) in [6.45, 7) is 1.99. The van der Waals surface area contributed by atoms with Gasteiger partial charge >= 0.3 is 0 Å². The highest BCUT2D eigenvalue weighted by atomic mass is 35.5. The molecule has 8 rings (SSSR count). The minimum atomic E-state index is -0.792. The van der Waals surface area contributed by atoms with Gasteiger partial charge in [-0.1, -0.05) is 72.8 Å². The first-order valence-electron chi connectivity index (χ1n) is 12.3. The lowest BCUT2D eigenvalue weighted by Crippen LogP contribution is -2.52. The molecule has 2 bridgehead atoms. The molecule has 0 saturated carbocycles. The average Bonchev–Trinajstić information content (AvgIpc) is 3.37. The Balaban J connectivity index is 1.26. The largest absolute Gasteiger partial charge is 0.324 e. The molecular formula is C31H23ClFN3O. The summed E-state index contributed by atoms with van der Waals surface area (Å²) < 4.78 is 14.3. The van der Waals surface area contributed by atoms with Crippen molar-refractivity contribution < 1.29 is 9.18 Å². The van der Waals surface area contributed by atoms with E-state index in [2.05, 4.69) is 39.6 Å². The second-order valence-electron chi connectivity index (χ2n) is 10.2. The Hall–Kier alpha value is -3.96. The van der Waals surface area contributed by atoms with Crippen molar-refractivity contribution in [3.8, 4) is 11.3 Å². The summed E-state index contributed by atoms with van der Waals surface area (Å²) in [6, 6.07) is 26.8. The number of imidazole rings is 1. The molecule has 0 saturated heterocycles. The Morgan fingerprint density at radius 3 is 2.27 bits per heavy atom. The molecule has 37 heavy (non-hydrogen) atoms. The number of amides is 1. The predicted octanol–water partition coefficient (Wildman–Crippen LogP) is 7.35. The van der Waals surface area contributed by atoms with E-state index in [0.717, 1.165) is 33.2 Å². The third-order valence-electron chi connectivity index (χ3n) is 8.13. The topological polar surface area (TPSA) is 57.8 Å². The van der Waals surface area contributed by atoms with E-state index in [1.54, 1.807) is 18.3 Å². The second kappa shape index (κ2) is 7.77. The van der Waals surface area contributed by atoms with E-state index in [-0.39, 0.29) is 17.6 Å². The maximum atomic E-state index is 14.3. The standard InChI is InChI=1S/C31H23ClFN3O/c1-30(17-31(32)23-12-6-4-10-21(23)27(30)22-11-5-7-13-24(22)31)28(37)36-29-34-16-26(35-29)20-14-15-25(33)19-9-3-2-8-18(19)20/h2-16,27H,17H2,1H3,(H2,34,35,36,37). The van der Waals surface area contributed by atoms with Gasteiger partial charge in [-0.05, 0) is 53.1 Å². The van der Waals surface area contributed by atoms with Crippen LogP contribution >= 0.6 is 11.6 Å². The summed E-state index contributed by atoms with van der Waals surface area (Å²) in [4.78, 5) is 20.8. The Kier molecular flexibility index (Phi) is 4.67. The fraction of sp³-hybridized carbons (Fsp3) is 0.161. The molecule has 0 radical (unpaired) electrons. The van der Waals surface area contributed by atoms with Crippen LogP contribution in [0.25, 0.3) is 22.0 Å². The van der Waals surface area contributed by atoms with Gasteiger partial charge in [0.05, 0.1) is 22.2 Å². The van der Waals surface area contributed by atoms with Crippen molar-refractivity contribution in [2.75, 3.05) is 5.32 Å². The van der Waals surface area contributed by atoms with Gasteiger partial charge in [0.25, 0.3) is 0 Å². The van der Waals surface area contributed by atoms with Crippen LogP contribution in [0, 0.1) is 11.2 Å². The third kappa shape index (κ3) is 3.07. The molecule has 0 spiro atoms. The maximum absolute atomic E-state index is 14.3. The molecule has 0 fully saturated rings. The summed E-state index contributed by atoms with van der Waals surface area (Å²) in [6.07, 6.45) is 2.14. The van der Waals surface area contributed by atoms with Gasteiger partial charge in [0, 0.05) is 16.9 Å². The zero-order valence-electron chi connectivity index (χ0n) is 20.1. The van der Waals surface area contributed by atoms with Crippen molar-refractivity contribution in [1.82, 2.24) is 9.97 Å². The van der Waals surface area contributed by atoms with Crippen LogP contribution in [-0.2, 0) is 9.67 Å². The molecule has 1 heterocycles. The lowest BCUT2D eigenvalue weighted by atomic mass is 9.52. The lowest BCUT2D eigenvalue weighted by molar-refractivity contribution is -0.127. The van der Waals surface area contributed by atoms with Gasteiger partial charge in [-0.15, -0.1) is 11.6 Å². The minimum Gasteiger partial charge on any atom is -0.324 e. The Morgan fingerprint density at radius 1 is 0.946 bits per heavy atom. The summed E-state index contributed by atoms with van der Waals surface area (Å²) in [5, 5.41) is 4.34. The van der Waals surface area contributed by atoms with Crippen LogP contribution in [0.3, 0.4) is 0 Å². The number of rotatable bonds is 3. The first-order chi connectivity index (χ1) is 17.9. The second-order valence-corrected chi connectivity index (χ2v) is 10.9. The van der Waals surface area contributed by atoms with E-state index in [0.29, 0.717) is 23.4 Å². The Morgan fingerprint density at radius 2 is 1.57 bits per heavy atom. The summed E-state index contributed by atoms with van der Waals surface area (Å²) in [5.41, 5.74) is 5.07. The average molecular weight is 508 g/mol. The Labute approximate surface area is 218 Å². The number of hydrogen-bond acceptors (Lipinski definition) is 2. The highest BCUT2D eigenvalue weighted by Gasteiger charge is 2.60. The molecule has 5 aromatic rings. The first-order valence-corrected chi connectivity index (χ1v) is 12.7. The van der Waals surface area contributed by atoms with Crippen LogP contribution in [0.2, 0.25) is 0 Å². The smallest absolute Gasteiger partial charge is 0.233 e. The number of aromatic nitrogens is 2. The normalized spacial score (nSPS) is 23.5. The van der Waals surface area contributed by atoms with Crippen molar-refractivity contribution in [3.05, 3.63) is 119 Å². The van der Waals surface area contributed by atoms with Crippen LogP contribution in [0.1, 0.15) is 41.5 Å². The van der Waals surface area contributed by atoms with Gasteiger partial charge in [-0.25, -0.2) is 9.37 Å². The number of nitrogens with zero attached hydrogens (tertiary/aromatic N) is 1. The van der Waals surface area contributed by atoms with Crippen LogP contribution in [0.5, 0.6) is 0 Å². The van der Waals surface area contributed by atoms with Crippen molar-refractivity contribution in [1.29, 1.82) is 0 Å². The first kappa shape index (κ1) is 22.3. The van der Waals surface area contributed by atoms with Crippen molar-refractivity contribution in [2.45, 2.75) is 24.1 Å². The monoisotopic (exact) mass is 507 g/mol. The number of alkyl halides is 1. The molecule has 4 aromatic carbocycles. The third-order valence-corrected chi connectivity index (χ3v) is 8.67. The number of aromatic amines is 1. The number of H-pyrrole nitrogens is 1. The molecule has 6 heteroatoms. The molecule has 1 atom stereocenters. The molecule has 1 unspecified atom stereocenters. The van der Waals surface area contributed by atoms with E-state index >= 15 is 0 Å². The van der Waals surface area contributed by atoms with Crippen LogP contribution < -0.4 is 5.32 Å². The zero-order valence-corrected chi connectivity index (χ0v) is 20.8. The molecule has 1 aromatic heterocycles. The number of carbonyl (C=O) groups is 1. The van der Waals surface area contributed by atoms with E-state index in [4.69, 9.17) is 11.6 Å². The fourth-order valence-corrected chi connectivity index (χ4v) is 7.12. The van der Waals surface area contributed by atoms with Gasteiger partial charge in [-0.2, -0.15) is 0 Å². The minimum absolute atomic E-state index is 0.129. The molecular weight excluding hydrogens is 485 g/mol. The van der Waals surface area contributed by atoms with Crippen LogP contribution in [-0.4, -0.2) is 15.9 Å². The quantitative estimate of drug-likeness (QED) is 0.251. The fourth-order valence-electron chi connectivity index (χ4n) is 6.50. The highest BCUT2D eigenvalue weighted by molar-refractivity contribution is 6.27. The van der Waals surface area contributed by atoms with Crippen molar-refractivity contribution in [3.63, 3.8) is 0 Å². The van der Waals surface area contributed by atoms with E-state index in [1.165, 1.54) is 6.07 Å². The summed E-state index contributed by atoms with van der Waals surface area (Å²) >= 11 is 7.41. The SMILES string of the molecule is CC1(C(=O)Nc2ncc(-c3ccc(F)c4ccccc34)[nH]2)CC2(Cl)c3ccccc3C1c1ccccc12. The molecule has 3 aliphatic rings. The molecule has 1 amide bonds. The van der Waals surface area contributed by atoms with E-state index in [1.807, 2.05) is 49.4 Å². The molecule has 4 nitrogen and oxygen atoms in total. The molecule has 2 N–H and O–H groups in total. The summed E-state index contributed by atoms with van der Waals surface area (Å²) in [5.74, 6) is -0.197. The number of nitrogens with one attached hydrogen (secondary N) is 2. The number of anilines is 1. The van der Waals surface area contributed by atoms with Gasteiger partial charge in [0.1, 0.15) is 5.82 Å². The van der Waals surface area contributed by atoms with Gasteiger partial charge in [-0.3, -0.25) is 10.1 Å². The molecule has 3 aliphatic carbocycles. The van der Waals surface area contributed by atoms with Gasteiger partial charge < -0.3 is 4.98 Å². The molecule has 182 valence electrons. The zero-order chi connectivity index (χ0) is 25.4. The van der Waals surface area contributed by atoms with Crippen molar-refractivity contribution in [2.24, 2.45) is 5.41 Å². The Bertz CT molecular complexity index is 1680. The number of hydrogen-bond donors (Lipinski definition) is 2. The van der Waals surface area contributed by atoms with Crippen LogP contribution in [0.15, 0.2) is 91.1 Å². The number of halogens is 2. The van der Waals surface area contributed by atoms with Crippen molar-refractivity contribution >= 4 is 34.2 Å². The van der Waals surface area contributed by atoms with E-state index in [9.17, 15) is 9.18 Å². The summed E-state index contributed by atoms with van der Waals surface area (Å²) in [7, 11) is 0. The van der Waals surface area contributed by atoms with Gasteiger partial charge in [0.15, 0.2) is 0 Å². The predicted molar refractivity (Wildman–Crippen MR) is 144 cm³/mol. The van der Waals surface area contributed by atoms with Gasteiger partial charge in [0.2, 0.25) is 11.9 Å². The van der Waals surface area contributed by atoms with E-state index < -0.39 is 10.3 Å². The number of carbonyl (C=O) groups excluding carboxylic acids is 1. The number of benzene rings is 4. The lowest BCUT2D eigenvalue weighted by Gasteiger charge is -2.54. The number of fused-ring (bicyclic) bond motifs is 2. The molecule has 0 aliphatic heterocycles. The maximum Gasteiger partial charge on any atom is 0.233 e. The van der Waals surface area contributed by atoms with Crippen LogP contribution in [0.4, 0.5) is 10.3 Å².